The summed E-state index contributed by atoms with van der Waals surface area (Å²) in [6.07, 6.45) is 5.10. The van der Waals surface area contributed by atoms with Crippen molar-refractivity contribution >= 4 is 28.3 Å². The van der Waals surface area contributed by atoms with Gasteiger partial charge in [0.25, 0.3) is 5.91 Å². The SMILES string of the molecule is CN(CC1CCCC1)C(=O)Cc1csc(NC(=O)c2ccccc2F)n1. The summed E-state index contributed by atoms with van der Waals surface area (Å²) in [4.78, 5) is 30.5. The molecule has 7 heteroatoms. The molecule has 1 aromatic heterocycles. The fourth-order valence-electron chi connectivity index (χ4n) is 3.23. The van der Waals surface area contributed by atoms with Gasteiger partial charge in [-0.3, -0.25) is 14.9 Å². The Bertz CT molecular complexity index is 787. The van der Waals surface area contributed by atoms with Gasteiger partial charge in [-0.05, 0) is 30.9 Å². The lowest BCUT2D eigenvalue weighted by Crippen LogP contribution is -2.32. The predicted molar refractivity (Wildman–Crippen MR) is 99.8 cm³/mol. The maximum atomic E-state index is 13.6. The zero-order chi connectivity index (χ0) is 18.5. The lowest BCUT2D eigenvalue weighted by atomic mass is 10.1. The summed E-state index contributed by atoms with van der Waals surface area (Å²) < 4.78 is 13.6. The molecular weight excluding hydrogens is 353 g/mol. The average molecular weight is 375 g/mol. The largest absolute Gasteiger partial charge is 0.345 e. The summed E-state index contributed by atoms with van der Waals surface area (Å²) in [5.41, 5.74) is 0.582. The van der Waals surface area contributed by atoms with Gasteiger partial charge in [0.15, 0.2) is 5.13 Å². The van der Waals surface area contributed by atoms with Gasteiger partial charge < -0.3 is 4.90 Å². The molecule has 26 heavy (non-hydrogen) atoms. The second-order valence-electron chi connectivity index (χ2n) is 6.68. The smallest absolute Gasteiger partial charge is 0.260 e. The van der Waals surface area contributed by atoms with Crippen LogP contribution in [0.1, 0.15) is 41.7 Å². The molecule has 1 aromatic carbocycles. The van der Waals surface area contributed by atoms with Gasteiger partial charge in [-0.1, -0.05) is 25.0 Å². The number of aromatic nitrogens is 1. The average Bonchev–Trinajstić information content (AvgIpc) is 3.27. The van der Waals surface area contributed by atoms with Gasteiger partial charge in [0.2, 0.25) is 5.91 Å². The van der Waals surface area contributed by atoms with E-state index in [4.69, 9.17) is 0 Å². The number of rotatable bonds is 6. The Morgan fingerprint density at radius 1 is 1.31 bits per heavy atom. The van der Waals surface area contributed by atoms with Gasteiger partial charge in [0.05, 0.1) is 17.7 Å². The van der Waals surface area contributed by atoms with E-state index in [-0.39, 0.29) is 17.9 Å². The minimum atomic E-state index is -0.578. The number of hydrogen-bond acceptors (Lipinski definition) is 4. The summed E-state index contributed by atoms with van der Waals surface area (Å²) in [5, 5.41) is 4.69. The minimum absolute atomic E-state index is 0.0224. The third-order valence-electron chi connectivity index (χ3n) is 4.66. The molecule has 1 aliphatic rings. The predicted octanol–water partition coefficient (Wildman–Crippen LogP) is 3.73. The normalized spacial score (nSPS) is 14.4. The van der Waals surface area contributed by atoms with Crippen LogP contribution in [0.15, 0.2) is 29.6 Å². The number of carbonyl (C=O) groups is 2. The van der Waals surface area contributed by atoms with Crippen LogP contribution in [-0.2, 0) is 11.2 Å². The van der Waals surface area contributed by atoms with Gasteiger partial charge >= 0.3 is 0 Å². The highest BCUT2D eigenvalue weighted by atomic mass is 32.1. The van der Waals surface area contributed by atoms with Gasteiger partial charge in [-0.2, -0.15) is 0 Å². The van der Waals surface area contributed by atoms with E-state index in [1.165, 1.54) is 55.2 Å². The van der Waals surface area contributed by atoms with Gasteiger partial charge in [-0.25, -0.2) is 9.37 Å². The fourth-order valence-corrected chi connectivity index (χ4v) is 3.93. The topological polar surface area (TPSA) is 62.3 Å². The second-order valence-corrected chi connectivity index (χ2v) is 7.54. The molecule has 3 rings (SSSR count). The minimum Gasteiger partial charge on any atom is -0.345 e. The summed E-state index contributed by atoms with van der Waals surface area (Å²) in [6, 6.07) is 5.78. The Morgan fingerprint density at radius 3 is 2.77 bits per heavy atom. The van der Waals surface area contributed by atoms with Crippen molar-refractivity contribution in [2.75, 3.05) is 18.9 Å². The Labute approximate surface area is 156 Å². The number of nitrogens with one attached hydrogen (secondary N) is 1. The molecule has 0 spiro atoms. The molecule has 5 nitrogen and oxygen atoms in total. The first-order valence-electron chi connectivity index (χ1n) is 8.77. The van der Waals surface area contributed by atoms with E-state index in [2.05, 4.69) is 10.3 Å². The standard InChI is InChI=1S/C19H22FN3O2S/c1-23(11-13-6-2-3-7-13)17(24)10-14-12-26-19(21-14)22-18(25)15-8-4-5-9-16(15)20/h4-5,8-9,12-13H,2-3,6-7,10-11H2,1H3,(H,21,22,25). The van der Waals surface area contributed by atoms with Crippen molar-refractivity contribution in [3.05, 3.63) is 46.7 Å². The van der Waals surface area contributed by atoms with Crippen LogP contribution in [0.3, 0.4) is 0 Å². The zero-order valence-corrected chi connectivity index (χ0v) is 15.5. The molecule has 1 heterocycles. The molecular formula is C19H22FN3O2S. The van der Waals surface area contributed by atoms with Crippen molar-refractivity contribution in [1.29, 1.82) is 0 Å². The van der Waals surface area contributed by atoms with Gasteiger partial charge in [0.1, 0.15) is 5.82 Å². The van der Waals surface area contributed by atoms with E-state index < -0.39 is 11.7 Å². The van der Waals surface area contributed by atoms with Crippen LogP contribution >= 0.6 is 11.3 Å². The molecule has 2 aromatic rings. The summed E-state index contributed by atoms with van der Waals surface area (Å²) in [6.45, 7) is 0.792. The monoisotopic (exact) mass is 375 g/mol. The van der Waals surface area contributed by atoms with E-state index in [1.54, 1.807) is 16.3 Å². The lowest BCUT2D eigenvalue weighted by molar-refractivity contribution is -0.129. The molecule has 1 fully saturated rings. The first-order chi connectivity index (χ1) is 12.5. The molecule has 1 saturated carbocycles. The summed E-state index contributed by atoms with van der Waals surface area (Å²) in [5.74, 6) is -0.497. The Balaban J connectivity index is 1.55. The number of nitrogens with zero attached hydrogens (tertiary/aromatic N) is 2. The number of thiazole rings is 1. The van der Waals surface area contributed by atoms with Crippen LogP contribution in [0.4, 0.5) is 9.52 Å². The summed E-state index contributed by atoms with van der Waals surface area (Å²) in [7, 11) is 1.83. The molecule has 0 bridgehead atoms. The molecule has 0 aliphatic heterocycles. The number of carbonyl (C=O) groups excluding carboxylic acids is 2. The quantitative estimate of drug-likeness (QED) is 0.837. The van der Waals surface area contributed by atoms with Crippen LogP contribution in [0.5, 0.6) is 0 Å². The molecule has 0 radical (unpaired) electrons. The highest BCUT2D eigenvalue weighted by molar-refractivity contribution is 7.14. The molecule has 0 saturated heterocycles. The van der Waals surface area contributed by atoms with E-state index >= 15 is 0 Å². The van der Waals surface area contributed by atoms with Crippen molar-refractivity contribution in [2.24, 2.45) is 5.92 Å². The van der Waals surface area contributed by atoms with Crippen molar-refractivity contribution in [2.45, 2.75) is 32.1 Å². The van der Waals surface area contributed by atoms with Crippen LogP contribution in [0, 0.1) is 11.7 Å². The number of halogens is 1. The van der Waals surface area contributed by atoms with Crippen molar-refractivity contribution in [3.63, 3.8) is 0 Å². The zero-order valence-electron chi connectivity index (χ0n) is 14.7. The van der Waals surface area contributed by atoms with Crippen molar-refractivity contribution in [1.82, 2.24) is 9.88 Å². The molecule has 138 valence electrons. The molecule has 0 atom stereocenters. The molecule has 0 unspecified atom stereocenters. The van der Waals surface area contributed by atoms with Crippen LogP contribution in [0.25, 0.3) is 0 Å². The number of hydrogen-bond donors (Lipinski definition) is 1. The van der Waals surface area contributed by atoms with E-state index in [0.29, 0.717) is 16.7 Å². The number of likely N-dealkylation sites (N-methyl/N-ethyl adjacent to an activating group) is 1. The molecule has 1 N–H and O–H groups in total. The van der Waals surface area contributed by atoms with Crippen molar-refractivity contribution < 1.29 is 14.0 Å². The molecule has 1 aliphatic carbocycles. The van der Waals surface area contributed by atoms with E-state index in [1.807, 2.05) is 7.05 Å². The Kier molecular flexibility index (Phi) is 5.98. The first-order valence-corrected chi connectivity index (χ1v) is 9.65. The maximum absolute atomic E-state index is 13.6. The third-order valence-corrected chi connectivity index (χ3v) is 5.46. The number of amides is 2. The van der Waals surface area contributed by atoms with Crippen LogP contribution in [0.2, 0.25) is 0 Å². The Hall–Kier alpha value is -2.28. The van der Waals surface area contributed by atoms with Crippen molar-refractivity contribution in [3.8, 4) is 0 Å². The van der Waals surface area contributed by atoms with Gasteiger partial charge in [0, 0.05) is 19.0 Å². The first kappa shape index (κ1) is 18.5. The highest BCUT2D eigenvalue weighted by Gasteiger charge is 2.20. The van der Waals surface area contributed by atoms with E-state index in [0.717, 1.165) is 6.54 Å². The highest BCUT2D eigenvalue weighted by Crippen LogP contribution is 2.25. The maximum Gasteiger partial charge on any atom is 0.260 e. The lowest BCUT2D eigenvalue weighted by Gasteiger charge is -2.20. The van der Waals surface area contributed by atoms with E-state index in [9.17, 15) is 14.0 Å². The third kappa shape index (κ3) is 4.66. The number of benzene rings is 1. The van der Waals surface area contributed by atoms with Gasteiger partial charge in [-0.15, -0.1) is 11.3 Å². The second kappa shape index (κ2) is 8.40. The fraction of sp³-hybridized carbons (Fsp3) is 0.421. The number of anilines is 1. The van der Waals surface area contributed by atoms with Crippen LogP contribution < -0.4 is 5.32 Å². The Morgan fingerprint density at radius 2 is 2.04 bits per heavy atom. The molecule has 2 amide bonds. The van der Waals surface area contributed by atoms with Crippen LogP contribution in [-0.4, -0.2) is 35.3 Å². The summed E-state index contributed by atoms with van der Waals surface area (Å²) >= 11 is 1.23.